The van der Waals surface area contributed by atoms with Gasteiger partial charge in [0.2, 0.25) is 0 Å². The average Bonchev–Trinajstić information content (AvgIpc) is 3.17. The topological polar surface area (TPSA) is 66.0 Å². The summed E-state index contributed by atoms with van der Waals surface area (Å²) in [7, 11) is 0. The maximum atomic E-state index is 11.0. The molecule has 0 spiro atoms. The molecule has 0 saturated carbocycles. The smallest absolute Gasteiger partial charge is 0.303 e. The van der Waals surface area contributed by atoms with Crippen LogP contribution in [0.15, 0.2) is 60.8 Å². The highest BCUT2D eigenvalue weighted by atomic mass is 16.4. The van der Waals surface area contributed by atoms with E-state index in [1.54, 1.807) is 0 Å². The van der Waals surface area contributed by atoms with E-state index in [4.69, 9.17) is 5.11 Å². The van der Waals surface area contributed by atoms with Crippen LogP contribution in [0.3, 0.4) is 0 Å². The van der Waals surface area contributed by atoms with Crippen molar-refractivity contribution in [3.8, 4) is 17.2 Å². The number of aliphatic carboxylic acids is 1. The van der Waals surface area contributed by atoms with Gasteiger partial charge in [0.15, 0.2) is 0 Å². The second kappa shape index (κ2) is 11.2. The molecule has 0 unspecified atom stereocenters. The van der Waals surface area contributed by atoms with Crippen LogP contribution in [0, 0.1) is 11.3 Å². The maximum Gasteiger partial charge on any atom is 0.303 e. The standard InChI is InChI=1S/C27H30N2O2/c1-2-3-4-5-9-25-17-22(13-16-27(30)31)20-29(25)19-21-11-14-23(15-12-21)26-10-7-6-8-24(26)18-28/h6-8,10-12,14-15,17,20H,2-5,9,13,16,19H2,1H3,(H,30,31). The molecule has 4 nitrogen and oxygen atoms in total. The number of nitriles is 1. The van der Waals surface area contributed by atoms with Gasteiger partial charge in [-0.1, -0.05) is 68.7 Å². The van der Waals surface area contributed by atoms with Crippen molar-refractivity contribution in [1.29, 1.82) is 5.26 Å². The van der Waals surface area contributed by atoms with Gasteiger partial charge in [0.25, 0.3) is 0 Å². The van der Waals surface area contributed by atoms with Gasteiger partial charge in [-0.3, -0.25) is 4.79 Å². The number of carboxylic acid groups (broad SMARTS) is 1. The second-order valence-corrected chi connectivity index (χ2v) is 8.03. The van der Waals surface area contributed by atoms with E-state index in [0.717, 1.165) is 36.1 Å². The van der Waals surface area contributed by atoms with E-state index >= 15 is 0 Å². The zero-order valence-electron chi connectivity index (χ0n) is 18.2. The van der Waals surface area contributed by atoms with E-state index in [1.807, 2.05) is 24.3 Å². The summed E-state index contributed by atoms with van der Waals surface area (Å²) in [6.07, 6.45) is 8.68. The van der Waals surface area contributed by atoms with Crippen LogP contribution in [-0.2, 0) is 24.2 Å². The molecule has 0 aliphatic heterocycles. The third-order valence-electron chi connectivity index (χ3n) is 5.62. The summed E-state index contributed by atoms with van der Waals surface area (Å²) < 4.78 is 2.27. The highest BCUT2D eigenvalue weighted by Gasteiger charge is 2.09. The van der Waals surface area contributed by atoms with Gasteiger partial charge in [-0.2, -0.15) is 5.26 Å². The number of rotatable bonds is 11. The Morgan fingerprint density at radius 2 is 1.77 bits per heavy atom. The number of nitrogens with zero attached hydrogens (tertiary/aromatic N) is 2. The predicted octanol–water partition coefficient (Wildman–Crippen LogP) is 6.22. The zero-order valence-corrected chi connectivity index (χ0v) is 18.2. The van der Waals surface area contributed by atoms with Crippen LogP contribution in [0.2, 0.25) is 0 Å². The first-order valence-electron chi connectivity index (χ1n) is 11.1. The number of carboxylic acids is 1. The van der Waals surface area contributed by atoms with Crippen molar-refractivity contribution in [1.82, 2.24) is 4.57 Å². The molecule has 3 rings (SSSR count). The molecule has 0 atom stereocenters. The molecular formula is C27H30N2O2. The Balaban J connectivity index is 1.76. The molecule has 3 aromatic rings. The van der Waals surface area contributed by atoms with E-state index < -0.39 is 5.97 Å². The van der Waals surface area contributed by atoms with Gasteiger partial charge in [-0.15, -0.1) is 0 Å². The third kappa shape index (κ3) is 6.33. The molecule has 0 saturated heterocycles. The van der Waals surface area contributed by atoms with Crippen LogP contribution in [0.4, 0.5) is 0 Å². The van der Waals surface area contributed by atoms with E-state index in [1.165, 1.54) is 30.5 Å². The molecule has 0 amide bonds. The maximum absolute atomic E-state index is 11.0. The molecule has 4 heteroatoms. The lowest BCUT2D eigenvalue weighted by atomic mass is 9.99. The Kier molecular flexibility index (Phi) is 8.06. The zero-order chi connectivity index (χ0) is 22.1. The van der Waals surface area contributed by atoms with Crippen LogP contribution < -0.4 is 0 Å². The van der Waals surface area contributed by atoms with E-state index in [9.17, 15) is 10.1 Å². The molecule has 0 fully saturated rings. The van der Waals surface area contributed by atoms with Crippen LogP contribution in [-0.4, -0.2) is 15.6 Å². The third-order valence-corrected chi connectivity index (χ3v) is 5.62. The summed E-state index contributed by atoms with van der Waals surface area (Å²) in [4.78, 5) is 11.0. The molecule has 31 heavy (non-hydrogen) atoms. The fourth-order valence-corrected chi connectivity index (χ4v) is 3.92. The van der Waals surface area contributed by atoms with Crippen LogP contribution >= 0.6 is 0 Å². The average molecular weight is 415 g/mol. The Bertz CT molecular complexity index is 1040. The predicted molar refractivity (Wildman–Crippen MR) is 124 cm³/mol. The summed E-state index contributed by atoms with van der Waals surface area (Å²) in [6, 6.07) is 20.4. The minimum atomic E-state index is -0.759. The van der Waals surface area contributed by atoms with Gasteiger partial charge in [0.1, 0.15) is 0 Å². The van der Waals surface area contributed by atoms with Crippen molar-refractivity contribution < 1.29 is 9.90 Å². The minimum absolute atomic E-state index is 0.159. The molecule has 1 N–H and O–H groups in total. The number of unbranched alkanes of at least 4 members (excludes halogenated alkanes) is 3. The summed E-state index contributed by atoms with van der Waals surface area (Å²) in [5.41, 5.74) is 6.22. The molecular weight excluding hydrogens is 384 g/mol. The molecule has 0 bridgehead atoms. The van der Waals surface area contributed by atoms with Gasteiger partial charge in [0, 0.05) is 24.9 Å². The van der Waals surface area contributed by atoms with E-state index in [2.05, 4.69) is 54.1 Å². The molecule has 2 aromatic carbocycles. The quantitative estimate of drug-likeness (QED) is 0.379. The van der Waals surface area contributed by atoms with Crippen molar-refractivity contribution in [2.75, 3.05) is 0 Å². The SMILES string of the molecule is CCCCCCc1cc(CCC(=O)O)cn1Cc1ccc(-c2ccccc2C#N)cc1. The normalized spacial score (nSPS) is 10.7. The Labute approximate surface area is 184 Å². The molecule has 1 heterocycles. The van der Waals surface area contributed by atoms with Crippen LogP contribution in [0.1, 0.15) is 61.4 Å². The van der Waals surface area contributed by atoms with Crippen molar-refractivity contribution >= 4 is 5.97 Å². The Hall–Kier alpha value is -3.32. The van der Waals surface area contributed by atoms with Gasteiger partial charge in [0.05, 0.1) is 11.6 Å². The molecule has 0 radical (unpaired) electrons. The van der Waals surface area contributed by atoms with Crippen molar-refractivity contribution in [2.45, 2.75) is 58.4 Å². The number of hydrogen-bond donors (Lipinski definition) is 1. The minimum Gasteiger partial charge on any atom is -0.481 e. The molecule has 1 aromatic heterocycles. The summed E-state index contributed by atoms with van der Waals surface area (Å²) >= 11 is 0. The molecule has 160 valence electrons. The van der Waals surface area contributed by atoms with E-state index in [-0.39, 0.29) is 6.42 Å². The number of benzene rings is 2. The lowest BCUT2D eigenvalue weighted by molar-refractivity contribution is -0.136. The van der Waals surface area contributed by atoms with Crippen molar-refractivity contribution in [2.24, 2.45) is 0 Å². The highest BCUT2D eigenvalue weighted by molar-refractivity contribution is 5.70. The highest BCUT2D eigenvalue weighted by Crippen LogP contribution is 2.24. The largest absolute Gasteiger partial charge is 0.481 e. The monoisotopic (exact) mass is 414 g/mol. The summed E-state index contributed by atoms with van der Waals surface area (Å²) in [6.45, 7) is 2.97. The summed E-state index contributed by atoms with van der Waals surface area (Å²) in [5, 5.41) is 18.4. The van der Waals surface area contributed by atoms with Gasteiger partial charge >= 0.3 is 5.97 Å². The first kappa shape index (κ1) is 22.4. The number of aryl methyl sites for hydroxylation is 2. The fraction of sp³-hybridized carbons (Fsp3) is 0.333. The first-order valence-corrected chi connectivity index (χ1v) is 11.1. The first-order chi connectivity index (χ1) is 15.1. The lowest BCUT2D eigenvalue weighted by Gasteiger charge is -2.11. The Morgan fingerprint density at radius 1 is 1.00 bits per heavy atom. The van der Waals surface area contributed by atoms with Crippen molar-refractivity contribution in [3.05, 3.63) is 83.2 Å². The van der Waals surface area contributed by atoms with Crippen LogP contribution in [0.5, 0.6) is 0 Å². The molecule has 0 aliphatic carbocycles. The number of hydrogen-bond acceptors (Lipinski definition) is 2. The van der Waals surface area contributed by atoms with E-state index in [0.29, 0.717) is 12.0 Å². The molecule has 0 aliphatic rings. The van der Waals surface area contributed by atoms with Gasteiger partial charge < -0.3 is 9.67 Å². The summed E-state index contributed by atoms with van der Waals surface area (Å²) in [5.74, 6) is -0.759. The Morgan fingerprint density at radius 3 is 2.48 bits per heavy atom. The van der Waals surface area contributed by atoms with Gasteiger partial charge in [-0.05, 0) is 53.6 Å². The second-order valence-electron chi connectivity index (χ2n) is 8.03. The lowest BCUT2D eigenvalue weighted by Crippen LogP contribution is -2.03. The van der Waals surface area contributed by atoms with Gasteiger partial charge in [-0.25, -0.2) is 0 Å². The fourth-order valence-electron chi connectivity index (χ4n) is 3.92. The van der Waals surface area contributed by atoms with Crippen molar-refractivity contribution in [3.63, 3.8) is 0 Å². The van der Waals surface area contributed by atoms with Crippen LogP contribution in [0.25, 0.3) is 11.1 Å². The number of carbonyl (C=O) groups is 1. The number of aromatic nitrogens is 1.